The SMILES string of the molecule is [2H]OC(=O)COCCN1CCN([C@H](c2ccccc2)c2ccc(Cl)cc2)CC1. The second-order valence-corrected chi connectivity index (χ2v) is 7.10. The van der Waals surface area contributed by atoms with Crippen LogP contribution in [0.2, 0.25) is 5.02 Å². The Labute approximate surface area is 166 Å². The topological polar surface area (TPSA) is 53.0 Å². The highest BCUT2D eigenvalue weighted by Crippen LogP contribution is 2.30. The minimum absolute atomic E-state index is 0.171. The van der Waals surface area contributed by atoms with Gasteiger partial charge >= 0.3 is 5.97 Å². The zero-order chi connectivity index (χ0) is 19.8. The standard InChI is InChI=1S/C21H25ClN2O3/c22-19-8-6-18(7-9-19)21(17-4-2-1-3-5-17)24-12-10-23(11-13-24)14-15-27-16-20(25)26/h1-9,21H,10-16H2,(H,25,26)/t21-/m1/s1/i/hD. The molecule has 0 radical (unpaired) electrons. The predicted octanol–water partition coefficient (Wildman–Crippen LogP) is 3.15. The summed E-state index contributed by atoms with van der Waals surface area (Å²) in [7, 11) is 0. The van der Waals surface area contributed by atoms with Gasteiger partial charge in [-0.15, -0.1) is 0 Å². The summed E-state index contributed by atoms with van der Waals surface area (Å²) in [6.45, 7) is 4.79. The van der Waals surface area contributed by atoms with Crippen LogP contribution < -0.4 is 0 Å². The van der Waals surface area contributed by atoms with Crippen LogP contribution in [0, 0.1) is 0 Å². The normalized spacial score (nSPS) is 17.3. The second kappa shape index (κ2) is 9.85. The van der Waals surface area contributed by atoms with Crippen LogP contribution in [0.1, 0.15) is 17.2 Å². The molecule has 0 unspecified atom stereocenters. The first-order valence-electron chi connectivity index (χ1n) is 9.59. The molecule has 0 aliphatic carbocycles. The Bertz CT molecular complexity index is 737. The van der Waals surface area contributed by atoms with Gasteiger partial charge in [-0.1, -0.05) is 54.1 Å². The van der Waals surface area contributed by atoms with E-state index in [0.717, 1.165) is 37.7 Å². The van der Waals surface area contributed by atoms with Gasteiger partial charge in [0.15, 0.2) is 0 Å². The van der Waals surface area contributed by atoms with E-state index in [0.29, 0.717) is 6.61 Å². The van der Waals surface area contributed by atoms with Crippen LogP contribution in [-0.2, 0) is 9.53 Å². The first kappa shape index (κ1) is 18.4. The summed E-state index contributed by atoms with van der Waals surface area (Å²) < 4.78 is 11.8. The van der Waals surface area contributed by atoms with Crippen LogP contribution in [0.3, 0.4) is 0 Å². The summed E-state index contributed by atoms with van der Waals surface area (Å²) in [4.78, 5) is 15.7. The lowest BCUT2D eigenvalue weighted by Crippen LogP contribution is -2.48. The molecule has 1 saturated heterocycles. The molecular formula is C21H25ClN2O3. The second-order valence-electron chi connectivity index (χ2n) is 6.67. The van der Waals surface area contributed by atoms with Crippen LogP contribution in [0.4, 0.5) is 0 Å². The van der Waals surface area contributed by atoms with Crippen LogP contribution in [0.25, 0.3) is 1.43 Å². The lowest BCUT2D eigenvalue weighted by molar-refractivity contribution is -0.142. The van der Waals surface area contributed by atoms with Gasteiger partial charge in [-0.3, -0.25) is 9.80 Å². The Morgan fingerprint density at radius 3 is 2.41 bits per heavy atom. The Morgan fingerprint density at radius 2 is 1.74 bits per heavy atom. The van der Waals surface area contributed by atoms with Gasteiger partial charge < -0.3 is 9.85 Å². The van der Waals surface area contributed by atoms with E-state index in [2.05, 4.69) is 51.3 Å². The van der Waals surface area contributed by atoms with Crippen molar-refractivity contribution in [2.24, 2.45) is 0 Å². The van der Waals surface area contributed by atoms with Gasteiger partial charge in [0, 0.05) is 37.7 Å². The summed E-state index contributed by atoms with van der Waals surface area (Å²) in [5.74, 6) is -0.668. The van der Waals surface area contributed by atoms with Gasteiger partial charge in [0.2, 0.25) is 0 Å². The molecular weight excluding hydrogens is 364 g/mol. The van der Waals surface area contributed by atoms with Crippen LogP contribution in [-0.4, -0.2) is 66.8 Å². The van der Waals surface area contributed by atoms with Crippen molar-refractivity contribution in [3.05, 3.63) is 70.7 Å². The van der Waals surface area contributed by atoms with Gasteiger partial charge in [0.25, 0.3) is 1.43 Å². The van der Waals surface area contributed by atoms with Crippen molar-refractivity contribution in [1.29, 1.82) is 1.43 Å². The number of benzene rings is 2. The molecule has 0 aromatic heterocycles. The van der Waals surface area contributed by atoms with Crippen molar-refractivity contribution in [2.75, 3.05) is 45.9 Å². The third-order valence-corrected chi connectivity index (χ3v) is 5.10. The lowest BCUT2D eigenvalue weighted by atomic mass is 9.96. The lowest BCUT2D eigenvalue weighted by Gasteiger charge is -2.39. The molecule has 1 N–H and O–H groups in total. The van der Waals surface area contributed by atoms with Crippen molar-refractivity contribution < 1.29 is 14.6 Å². The molecule has 3 rings (SSSR count). The molecule has 1 heterocycles. The molecule has 6 heteroatoms. The monoisotopic (exact) mass is 389 g/mol. The minimum atomic E-state index is -0.668. The number of piperazine rings is 1. The van der Waals surface area contributed by atoms with E-state index in [4.69, 9.17) is 17.8 Å². The molecule has 0 saturated carbocycles. The first-order chi connectivity index (χ1) is 13.7. The fraction of sp³-hybridized carbons (Fsp3) is 0.381. The van der Waals surface area contributed by atoms with Gasteiger partial charge in [-0.2, -0.15) is 0 Å². The van der Waals surface area contributed by atoms with E-state index in [1.54, 1.807) is 0 Å². The Morgan fingerprint density at radius 1 is 1.07 bits per heavy atom. The number of aliphatic carboxylic acids is 1. The molecule has 2 aromatic rings. The van der Waals surface area contributed by atoms with Crippen molar-refractivity contribution in [3.8, 4) is 0 Å². The third-order valence-electron chi connectivity index (χ3n) is 4.84. The number of carboxylic acids is 1. The molecule has 1 fully saturated rings. The van der Waals surface area contributed by atoms with E-state index in [-0.39, 0.29) is 12.6 Å². The van der Waals surface area contributed by atoms with Crippen molar-refractivity contribution >= 4 is 17.6 Å². The number of hydrogen-bond acceptors (Lipinski definition) is 5. The largest absolute Gasteiger partial charge is 0.480 e. The molecule has 0 spiro atoms. The average Bonchev–Trinajstić information content (AvgIpc) is 2.74. The van der Waals surface area contributed by atoms with Gasteiger partial charge in [-0.05, 0) is 23.3 Å². The smallest absolute Gasteiger partial charge is 0.329 e. The summed E-state index contributed by atoms with van der Waals surface area (Å²) in [5.41, 5.74) is 2.51. The van der Waals surface area contributed by atoms with E-state index in [1.807, 2.05) is 18.2 Å². The number of rotatable bonds is 8. The summed E-state index contributed by atoms with van der Waals surface area (Å²) in [6, 6.07) is 18.8. The minimum Gasteiger partial charge on any atom is -0.480 e. The average molecular weight is 390 g/mol. The molecule has 1 atom stereocenters. The zero-order valence-electron chi connectivity index (χ0n) is 16.2. The summed E-state index contributed by atoms with van der Waals surface area (Å²) in [5, 5.41) is 4.58. The fourth-order valence-corrected chi connectivity index (χ4v) is 3.61. The van der Waals surface area contributed by atoms with Crippen LogP contribution in [0.15, 0.2) is 54.6 Å². The fourth-order valence-electron chi connectivity index (χ4n) is 3.49. The maximum Gasteiger partial charge on any atom is 0.329 e. The maximum atomic E-state index is 10.9. The number of halogens is 1. The number of nitrogens with zero attached hydrogens (tertiary/aromatic N) is 2. The van der Waals surface area contributed by atoms with Crippen molar-refractivity contribution in [2.45, 2.75) is 6.04 Å². The molecule has 1 aliphatic heterocycles. The molecule has 0 amide bonds. The quantitative estimate of drug-likeness (QED) is 0.703. The highest BCUT2D eigenvalue weighted by molar-refractivity contribution is 6.30. The summed E-state index contributed by atoms with van der Waals surface area (Å²) >= 11 is 6.09. The maximum absolute atomic E-state index is 10.9. The molecule has 5 nitrogen and oxygen atoms in total. The Hall–Kier alpha value is -1.92. The number of hydrogen-bond donors (Lipinski definition) is 1. The van der Waals surface area contributed by atoms with E-state index < -0.39 is 5.97 Å². The molecule has 1 aliphatic rings. The Kier molecular flexibility index (Phi) is 6.73. The van der Waals surface area contributed by atoms with Crippen molar-refractivity contribution in [1.82, 2.24) is 9.80 Å². The van der Waals surface area contributed by atoms with Crippen molar-refractivity contribution in [3.63, 3.8) is 0 Å². The van der Waals surface area contributed by atoms with E-state index in [1.165, 1.54) is 11.1 Å². The first-order valence-corrected chi connectivity index (χ1v) is 9.55. The molecule has 27 heavy (non-hydrogen) atoms. The number of ether oxygens (including phenoxy) is 1. The third kappa shape index (κ3) is 5.78. The number of carboxylic acid groups (broad SMARTS) is 1. The van der Waals surface area contributed by atoms with Crippen LogP contribution >= 0.6 is 11.6 Å². The van der Waals surface area contributed by atoms with E-state index >= 15 is 0 Å². The van der Waals surface area contributed by atoms with Crippen LogP contribution in [0.5, 0.6) is 0 Å². The molecule has 144 valence electrons. The zero-order valence-corrected chi connectivity index (χ0v) is 16.0. The van der Waals surface area contributed by atoms with Gasteiger partial charge in [-0.25, -0.2) is 4.79 Å². The summed E-state index contributed by atoms with van der Waals surface area (Å²) in [6.07, 6.45) is 0. The van der Waals surface area contributed by atoms with E-state index in [9.17, 15) is 4.79 Å². The number of carbonyl (C=O) groups is 1. The highest BCUT2D eigenvalue weighted by atomic mass is 35.5. The molecule has 0 bridgehead atoms. The molecule has 2 aromatic carbocycles. The van der Waals surface area contributed by atoms with Gasteiger partial charge in [0.1, 0.15) is 6.61 Å². The highest BCUT2D eigenvalue weighted by Gasteiger charge is 2.26. The predicted molar refractivity (Wildman–Crippen MR) is 106 cm³/mol. The van der Waals surface area contributed by atoms with Gasteiger partial charge in [0.05, 0.1) is 12.6 Å². The Balaban J connectivity index is 1.59.